The van der Waals surface area contributed by atoms with E-state index in [-0.39, 0.29) is 19.7 Å². The van der Waals surface area contributed by atoms with Crippen LogP contribution >= 0.6 is 0 Å². The Morgan fingerprint density at radius 2 is 2.15 bits per heavy atom. The monoisotopic (exact) mass is 284 g/mol. The fourth-order valence-corrected chi connectivity index (χ4v) is 2.12. The summed E-state index contributed by atoms with van der Waals surface area (Å²) in [6.45, 7) is 0.275. The van der Waals surface area contributed by atoms with Crippen molar-refractivity contribution in [3.63, 3.8) is 0 Å². The largest absolute Gasteiger partial charge is 0.445 e. The van der Waals surface area contributed by atoms with Gasteiger partial charge in [0.2, 0.25) is 0 Å². The molecule has 1 aliphatic heterocycles. The van der Waals surface area contributed by atoms with Crippen molar-refractivity contribution in [2.45, 2.75) is 19.0 Å². The van der Waals surface area contributed by atoms with Gasteiger partial charge in [0.15, 0.2) is 0 Å². The average Bonchev–Trinajstić information content (AvgIpc) is 2.44. The number of hydrogen-bond donors (Lipinski definition) is 2. The van der Waals surface area contributed by atoms with Crippen LogP contribution in [0.5, 0.6) is 0 Å². The number of rotatable bonds is 4. The van der Waals surface area contributed by atoms with E-state index in [1.165, 1.54) is 0 Å². The molecule has 1 saturated heterocycles. The molecule has 4 nitrogen and oxygen atoms in total. The summed E-state index contributed by atoms with van der Waals surface area (Å²) in [6.07, 6.45) is -0.324. The van der Waals surface area contributed by atoms with E-state index in [1.54, 1.807) is 0 Å². The quantitative estimate of drug-likeness (QED) is 0.891. The van der Waals surface area contributed by atoms with Gasteiger partial charge in [-0.05, 0) is 18.5 Å². The van der Waals surface area contributed by atoms with Crippen molar-refractivity contribution in [1.82, 2.24) is 10.6 Å². The smallest absolute Gasteiger partial charge is 0.407 e. The standard InChI is InChI=1S/C14H18F2N2O2/c15-14(16)10-17-7-6-12(14)8-18-13(19)20-9-11-4-2-1-3-5-11/h1-5,12,17H,6-10H2,(H,18,19)/t12-/m1/s1. The number of benzene rings is 1. The molecule has 110 valence electrons. The van der Waals surface area contributed by atoms with Crippen LogP contribution < -0.4 is 10.6 Å². The molecule has 1 aromatic carbocycles. The minimum Gasteiger partial charge on any atom is -0.445 e. The molecule has 1 atom stereocenters. The molecular weight excluding hydrogens is 266 g/mol. The second-order valence-electron chi connectivity index (χ2n) is 4.87. The zero-order chi connectivity index (χ0) is 14.4. The lowest BCUT2D eigenvalue weighted by atomic mass is 9.94. The summed E-state index contributed by atoms with van der Waals surface area (Å²) in [5, 5.41) is 5.05. The second kappa shape index (κ2) is 6.65. The number of carbonyl (C=O) groups excluding carboxylic acids is 1. The van der Waals surface area contributed by atoms with Crippen LogP contribution in [0.3, 0.4) is 0 Å². The summed E-state index contributed by atoms with van der Waals surface area (Å²) in [7, 11) is 0. The first-order valence-corrected chi connectivity index (χ1v) is 6.61. The number of amides is 1. The topological polar surface area (TPSA) is 50.4 Å². The van der Waals surface area contributed by atoms with E-state index in [4.69, 9.17) is 4.74 Å². The van der Waals surface area contributed by atoms with Crippen molar-refractivity contribution in [3.05, 3.63) is 35.9 Å². The third-order valence-corrected chi connectivity index (χ3v) is 3.33. The molecule has 1 aliphatic rings. The average molecular weight is 284 g/mol. The lowest BCUT2D eigenvalue weighted by Crippen LogP contribution is -2.50. The van der Waals surface area contributed by atoms with Gasteiger partial charge in [-0.15, -0.1) is 0 Å². The van der Waals surface area contributed by atoms with E-state index < -0.39 is 17.9 Å². The van der Waals surface area contributed by atoms with Gasteiger partial charge in [-0.25, -0.2) is 13.6 Å². The first kappa shape index (κ1) is 14.7. The number of nitrogens with one attached hydrogen (secondary N) is 2. The Morgan fingerprint density at radius 3 is 2.85 bits per heavy atom. The summed E-state index contributed by atoms with van der Waals surface area (Å²) in [6, 6.07) is 9.20. The zero-order valence-electron chi connectivity index (χ0n) is 11.1. The van der Waals surface area contributed by atoms with Gasteiger partial charge in [-0.1, -0.05) is 30.3 Å². The molecule has 0 bridgehead atoms. The molecule has 6 heteroatoms. The fraction of sp³-hybridized carbons (Fsp3) is 0.500. The van der Waals surface area contributed by atoms with Gasteiger partial charge in [0.05, 0.1) is 6.54 Å². The second-order valence-corrected chi connectivity index (χ2v) is 4.87. The summed E-state index contributed by atoms with van der Waals surface area (Å²) in [4.78, 5) is 11.5. The van der Waals surface area contributed by atoms with Crippen LogP contribution in [-0.4, -0.2) is 31.7 Å². The van der Waals surface area contributed by atoms with Crippen LogP contribution in [0.1, 0.15) is 12.0 Å². The van der Waals surface area contributed by atoms with Crippen molar-refractivity contribution in [2.75, 3.05) is 19.6 Å². The van der Waals surface area contributed by atoms with Crippen molar-refractivity contribution in [2.24, 2.45) is 5.92 Å². The van der Waals surface area contributed by atoms with E-state index in [0.717, 1.165) is 5.56 Å². The zero-order valence-corrected chi connectivity index (χ0v) is 11.1. The molecule has 20 heavy (non-hydrogen) atoms. The number of alkyl halides is 2. The van der Waals surface area contributed by atoms with Gasteiger partial charge in [-0.3, -0.25) is 0 Å². The first-order chi connectivity index (χ1) is 9.58. The lowest BCUT2D eigenvalue weighted by Gasteiger charge is -2.31. The van der Waals surface area contributed by atoms with Crippen molar-refractivity contribution in [1.29, 1.82) is 0 Å². The molecule has 1 amide bonds. The van der Waals surface area contributed by atoms with Crippen LogP contribution in [-0.2, 0) is 11.3 Å². The van der Waals surface area contributed by atoms with Crippen LogP contribution in [0.25, 0.3) is 0 Å². The lowest BCUT2D eigenvalue weighted by molar-refractivity contribution is -0.0716. The first-order valence-electron chi connectivity index (χ1n) is 6.61. The highest BCUT2D eigenvalue weighted by atomic mass is 19.3. The predicted octanol–water partition coefficient (Wildman–Crippen LogP) is 2.16. The normalized spacial score (nSPS) is 21.2. The van der Waals surface area contributed by atoms with Crippen molar-refractivity contribution < 1.29 is 18.3 Å². The minimum atomic E-state index is -2.79. The van der Waals surface area contributed by atoms with E-state index in [9.17, 15) is 13.6 Å². The molecule has 0 aliphatic carbocycles. The Hall–Kier alpha value is -1.69. The van der Waals surface area contributed by atoms with E-state index in [2.05, 4.69) is 10.6 Å². The Kier molecular flexibility index (Phi) is 4.89. The Bertz CT molecular complexity index is 440. The maximum absolute atomic E-state index is 13.5. The number of ether oxygens (including phenoxy) is 1. The summed E-state index contributed by atoms with van der Waals surface area (Å²) < 4.78 is 32.0. The summed E-state index contributed by atoms with van der Waals surface area (Å²) >= 11 is 0. The third-order valence-electron chi connectivity index (χ3n) is 3.33. The SMILES string of the molecule is O=C(NC[C@H]1CCNCC1(F)F)OCc1ccccc1. The van der Waals surface area contributed by atoms with E-state index >= 15 is 0 Å². The van der Waals surface area contributed by atoms with Gasteiger partial charge in [0.1, 0.15) is 6.61 Å². The Morgan fingerprint density at radius 1 is 1.40 bits per heavy atom. The van der Waals surface area contributed by atoms with Gasteiger partial charge >= 0.3 is 6.09 Å². The number of hydrogen-bond acceptors (Lipinski definition) is 3. The number of carbonyl (C=O) groups is 1. The molecule has 1 heterocycles. The highest BCUT2D eigenvalue weighted by Crippen LogP contribution is 2.28. The number of piperidine rings is 1. The molecule has 1 aromatic rings. The molecule has 0 aromatic heterocycles. The fourth-order valence-electron chi connectivity index (χ4n) is 2.12. The number of halogens is 2. The van der Waals surface area contributed by atoms with Gasteiger partial charge in [0, 0.05) is 12.5 Å². The minimum absolute atomic E-state index is 0.0672. The molecule has 0 saturated carbocycles. The van der Waals surface area contributed by atoms with Crippen molar-refractivity contribution in [3.8, 4) is 0 Å². The van der Waals surface area contributed by atoms with Gasteiger partial charge in [-0.2, -0.15) is 0 Å². The van der Waals surface area contributed by atoms with Crippen molar-refractivity contribution >= 4 is 6.09 Å². The molecule has 0 spiro atoms. The molecular formula is C14H18F2N2O2. The Balaban J connectivity index is 1.72. The van der Waals surface area contributed by atoms with Crippen LogP contribution in [0, 0.1) is 5.92 Å². The molecule has 2 N–H and O–H groups in total. The van der Waals surface area contributed by atoms with E-state index in [0.29, 0.717) is 13.0 Å². The third kappa shape index (κ3) is 4.16. The predicted molar refractivity (Wildman–Crippen MR) is 70.6 cm³/mol. The van der Waals surface area contributed by atoms with Crippen LogP contribution in [0.2, 0.25) is 0 Å². The molecule has 0 radical (unpaired) electrons. The van der Waals surface area contributed by atoms with E-state index in [1.807, 2.05) is 30.3 Å². The molecule has 0 unspecified atom stereocenters. The van der Waals surface area contributed by atoms with Crippen LogP contribution in [0.15, 0.2) is 30.3 Å². The summed E-state index contributed by atoms with van der Waals surface area (Å²) in [5.74, 6) is -3.63. The Labute approximate surface area is 116 Å². The van der Waals surface area contributed by atoms with Crippen LogP contribution in [0.4, 0.5) is 13.6 Å². The van der Waals surface area contributed by atoms with Gasteiger partial charge in [0.25, 0.3) is 5.92 Å². The maximum Gasteiger partial charge on any atom is 0.407 e. The highest BCUT2D eigenvalue weighted by Gasteiger charge is 2.41. The summed E-state index contributed by atoms with van der Waals surface area (Å²) in [5.41, 5.74) is 0.856. The molecule has 1 fully saturated rings. The van der Waals surface area contributed by atoms with Gasteiger partial charge < -0.3 is 15.4 Å². The maximum atomic E-state index is 13.5. The number of alkyl carbamates (subject to hydrolysis) is 1. The molecule has 2 rings (SSSR count). The highest BCUT2D eigenvalue weighted by molar-refractivity contribution is 5.67.